The van der Waals surface area contributed by atoms with E-state index in [-0.39, 0.29) is 5.78 Å². The van der Waals surface area contributed by atoms with E-state index in [1.165, 1.54) is 0 Å². The standard InChI is InChI=1S/C24H30N2O5/c1-17-23(28)19-9-10-21(29-2)24(20(19)16-31-17)30-14-6-11-25-12-13-26(15-22(25)27)18-7-4-3-5-8-18/h3-5,7-10,17,22,27H,6,11-16H2,1-2H3. The van der Waals surface area contributed by atoms with Crippen LogP contribution in [0, 0.1) is 0 Å². The van der Waals surface area contributed by atoms with E-state index in [0.717, 1.165) is 37.3 Å². The molecule has 0 bridgehead atoms. The van der Waals surface area contributed by atoms with E-state index in [4.69, 9.17) is 14.2 Å². The first-order valence-corrected chi connectivity index (χ1v) is 10.8. The number of ketones is 1. The zero-order valence-corrected chi connectivity index (χ0v) is 18.1. The maximum Gasteiger partial charge on any atom is 0.191 e. The van der Waals surface area contributed by atoms with Crippen LogP contribution in [0.2, 0.25) is 0 Å². The Labute approximate surface area is 183 Å². The van der Waals surface area contributed by atoms with E-state index < -0.39 is 12.3 Å². The van der Waals surface area contributed by atoms with Crippen LogP contribution in [0.15, 0.2) is 42.5 Å². The summed E-state index contributed by atoms with van der Waals surface area (Å²) < 4.78 is 17.1. The Kier molecular flexibility index (Phi) is 6.75. The third-order valence-electron chi connectivity index (χ3n) is 5.98. The van der Waals surface area contributed by atoms with E-state index in [1.807, 2.05) is 18.2 Å². The molecule has 1 N–H and O–H groups in total. The number of ether oxygens (including phenoxy) is 3. The lowest BCUT2D eigenvalue weighted by molar-refractivity contribution is -0.00587. The van der Waals surface area contributed by atoms with Gasteiger partial charge in [0.05, 0.1) is 26.9 Å². The van der Waals surface area contributed by atoms with Gasteiger partial charge in [-0.3, -0.25) is 9.69 Å². The fourth-order valence-corrected chi connectivity index (χ4v) is 4.18. The van der Waals surface area contributed by atoms with Gasteiger partial charge in [-0.25, -0.2) is 0 Å². The molecule has 2 aromatic carbocycles. The number of aliphatic hydroxyl groups excluding tert-OH is 1. The summed E-state index contributed by atoms with van der Waals surface area (Å²) in [7, 11) is 1.59. The first kappa shape index (κ1) is 21.6. The van der Waals surface area contributed by atoms with Crippen LogP contribution in [0.25, 0.3) is 0 Å². The van der Waals surface area contributed by atoms with Crippen LogP contribution in [0.5, 0.6) is 11.5 Å². The summed E-state index contributed by atoms with van der Waals surface area (Å²) in [6, 6.07) is 13.7. The summed E-state index contributed by atoms with van der Waals surface area (Å²) in [6.45, 7) is 5.53. The number of carbonyl (C=O) groups excluding carboxylic acids is 1. The lowest BCUT2D eigenvalue weighted by Gasteiger charge is -2.39. The van der Waals surface area contributed by atoms with Gasteiger partial charge in [-0.15, -0.1) is 0 Å². The fraction of sp³-hybridized carbons (Fsp3) is 0.458. The molecule has 4 rings (SSSR count). The number of methoxy groups -OCH3 is 1. The third-order valence-corrected chi connectivity index (χ3v) is 5.98. The molecule has 1 saturated heterocycles. The number of hydrogen-bond donors (Lipinski definition) is 1. The number of β-amino-alcohol motifs (C(OH)–C–C–N with tert-alkyl or cyclic N) is 1. The Morgan fingerprint density at radius 1 is 1.16 bits per heavy atom. The average molecular weight is 427 g/mol. The van der Waals surface area contributed by atoms with Gasteiger partial charge in [0.2, 0.25) is 0 Å². The maximum absolute atomic E-state index is 12.4. The molecule has 2 aliphatic heterocycles. The largest absolute Gasteiger partial charge is 0.493 e. The monoisotopic (exact) mass is 426 g/mol. The minimum absolute atomic E-state index is 0.0341. The number of fused-ring (bicyclic) bond motifs is 1. The van der Waals surface area contributed by atoms with Crippen molar-refractivity contribution in [3.8, 4) is 11.5 Å². The molecular weight excluding hydrogens is 396 g/mol. The molecule has 2 unspecified atom stereocenters. The van der Waals surface area contributed by atoms with Gasteiger partial charge in [0, 0.05) is 36.4 Å². The molecule has 2 atom stereocenters. The minimum atomic E-state index is -0.513. The third kappa shape index (κ3) is 4.69. The Hall–Kier alpha value is -2.61. The zero-order valence-electron chi connectivity index (χ0n) is 18.1. The normalized spacial score (nSPS) is 21.6. The van der Waals surface area contributed by atoms with Gasteiger partial charge in [0.25, 0.3) is 0 Å². The SMILES string of the molecule is COc1ccc2c(c1OCCCN1CCN(c3ccccc3)CC1O)COC(C)C2=O. The van der Waals surface area contributed by atoms with Crippen molar-refractivity contribution in [3.63, 3.8) is 0 Å². The summed E-state index contributed by atoms with van der Waals surface area (Å²) in [5.41, 5.74) is 2.53. The lowest BCUT2D eigenvalue weighted by Crippen LogP contribution is -2.53. The van der Waals surface area contributed by atoms with Crippen LogP contribution >= 0.6 is 0 Å². The van der Waals surface area contributed by atoms with Crippen LogP contribution in [0.3, 0.4) is 0 Å². The van der Waals surface area contributed by atoms with Crippen molar-refractivity contribution in [2.24, 2.45) is 0 Å². The van der Waals surface area contributed by atoms with E-state index in [1.54, 1.807) is 26.2 Å². The Bertz CT molecular complexity index is 904. The number of carbonyl (C=O) groups is 1. The molecule has 0 spiro atoms. The number of piperazine rings is 1. The molecule has 1 fully saturated rings. The van der Waals surface area contributed by atoms with Crippen LogP contribution in [0.4, 0.5) is 5.69 Å². The molecule has 166 valence electrons. The lowest BCUT2D eigenvalue weighted by atomic mass is 9.97. The minimum Gasteiger partial charge on any atom is -0.493 e. The molecule has 2 aliphatic rings. The maximum atomic E-state index is 12.4. The van der Waals surface area contributed by atoms with Gasteiger partial charge in [0.15, 0.2) is 17.3 Å². The molecule has 0 amide bonds. The molecule has 0 aliphatic carbocycles. The van der Waals surface area contributed by atoms with Crippen molar-refractivity contribution in [1.82, 2.24) is 4.90 Å². The van der Waals surface area contributed by atoms with E-state index in [9.17, 15) is 9.90 Å². The van der Waals surface area contributed by atoms with Crippen molar-refractivity contribution >= 4 is 11.5 Å². The second-order valence-electron chi connectivity index (χ2n) is 7.94. The number of Topliss-reactive ketones (excluding diaryl/α,β-unsaturated/α-hetero) is 1. The Morgan fingerprint density at radius 3 is 2.71 bits per heavy atom. The number of para-hydroxylation sites is 1. The topological polar surface area (TPSA) is 71.5 Å². The van der Waals surface area contributed by atoms with Gasteiger partial charge >= 0.3 is 0 Å². The quantitative estimate of drug-likeness (QED) is 0.683. The van der Waals surface area contributed by atoms with Crippen molar-refractivity contribution in [1.29, 1.82) is 0 Å². The van der Waals surface area contributed by atoms with Gasteiger partial charge in [-0.2, -0.15) is 0 Å². The van der Waals surface area contributed by atoms with Crippen LogP contribution in [-0.4, -0.2) is 68.0 Å². The predicted molar refractivity (Wildman–Crippen MR) is 118 cm³/mol. The number of benzene rings is 2. The molecule has 2 aromatic rings. The first-order valence-electron chi connectivity index (χ1n) is 10.8. The zero-order chi connectivity index (χ0) is 21.8. The average Bonchev–Trinajstić information content (AvgIpc) is 2.80. The first-order chi connectivity index (χ1) is 15.1. The van der Waals surface area contributed by atoms with Crippen LogP contribution in [-0.2, 0) is 11.3 Å². The summed E-state index contributed by atoms with van der Waals surface area (Å²) in [5, 5.41) is 10.6. The fourth-order valence-electron chi connectivity index (χ4n) is 4.18. The summed E-state index contributed by atoms with van der Waals surface area (Å²) in [5.74, 6) is 1.14. The van der Waals surface area contributed by atoms with Gasteiger partial charge in [0.1, 0.15) is 12.3 Å². The highest BCUT2D eigenvalue weighted by atomic mass is 16.5. The number of rotatable bonds is 7. The smallest absolute Gasteiger partial charge is 0.191 e. The summed E-state index contributed by atoms with van der Waals surface area (Å²) in [4.78, 5) is 16.7. The molecule has 0 saturated carbocycles. The van der Waals surface area contributed by atoms with E-state index in [0.29, 0.717) is 36.8 Å². The van der Waals surface area contributed by atoms with Crippen molar-refractivity contribution < 1.29 is 24.1 Å². The van der Waals surface area contributed by atoms with Crippen molar-refractivity contribution in [2.45, 2.75) is 32.3 Å². The second kappa shape index (κ2) is 9.68. The highest BCUT2D eigenvalue weighted by molar-refractivity contribution is 6.02. The molecule has 0 aromatic heterocycles. The summed E-state index contributed by atoms with van der Waals surface area (Å²) in [6.07, 6.45) is -0.203. The molecule has 31 heavy (non-hydrogen) atoms. The molecule has 7 nitrogen and oxygen atoms in total. The number of nitrogens with zero attached hydrogens (tertiary/aromatic N) is 2. The number of hydrogen-bond acceptors (Lipinski definition) is 7. The van der Waals surface area contributed by atoms with Gasteiger partial charge < -0.3 is 24.2 Å². The highest BCUT2D eigenvalue weighted by Crippen LogP contribution is 2.37. The van der Waals surface area contributed by atoms with Gasteiger partial charge in [-0.05, 0) is 37.6 Å². The van der Waals surface area contributed by atoms with Gasteiger partial charge in [-0.1, -0.05) is 18.2 Å². The van der Waals surface area contributed by atoms with Crippen LogP contribution in [0.1, 0.15) is 29.3 Å². The van der Waals surface area contributed by atoms with Crippen molar-refractivity contribution in [3.05, 3.63) is 53.6 Å². The second-order valence-corrected chi connectivity index (χ2v) is 7.94. The number of aliphatic hydroxyl groups is 1. The molecule has 2 heterocycles. The van der Waals surface area contributed by atoms with E-state index in [2.05, 4.69) is 21.9 Å². The molecule has 0 radical (unpaired) electrons. The van der Waals surface area contributed by atoms with Crippen molar-refractivity contribution in [2.75, 3.05) is 44.8 Å². The highest BCUT2D eigenvalue weighted by Gasteiger charge is 2.29. The molecule has 7 heteroatoms. The van der Waals surface area contributed by atoms with E-state index >= 15 is 0 Å². The molecular formula is C24H30N2O5. The Morgan fingerprint density at radius 2 is 1.97 bits per heavy atom. The number of anilines is 1. The van der Waals surface area contributed by atoms with Crippen LogP contribution < -0.4 is 14.4 Å². The Balaban J connectivity index is 1.32. The predicted octanol–water partition coefficient (Wildman–Crippen LogP) is 2.71. The summed E-state index contributed by atoms with van der Waals surface area (Å²) >= 11 is 0.